The molecule has 3 N–H and O–H groups in total. The third-order valence-electron chi connectivity index (χ3n) is 4.26. The van der Waals surface area contributed by atoms with Crippen molar-refractivity contribution >= 4 is 5.91 Å². The average Bonchev–Trinajstić information content (AvgIpc) is 2.38. The van der Waals surface area contributed by atoms with Gasteiger partial charge in [0.15, 0.2) is 0 Å². The van der Waals surface area contributed by atoms with Gasteiger partial charge in [0.1, 0.15) is 0 Å². The van der Waals surface area contributed by atoms with Crippen LogP contribution in [0.4, 0.5) is 0 Å². The number of hydrogen-bond donors (Lipinski definition) is 3. The highest BCUT2D eigenvalue weighted by Crippen LogP contribution is 2.31. The number of nitrogens with one attached hydrogen (secondary N) is 2. The van der Waals surface area contributed by atoms with Gasteiger partial charge in [0, 0.05) is 32.7 Å². The topological polar surface area (TPSA) is 64.6 Å². The van der Waals surface area contributed by atoms with E-state index >= 15 is 0 Å². The fourth-order valence-electron chi connectivity index (χ4n) is 3.18. The maximum absolute atomic E-state index is 11.9. The van der Waals surface area contributed by atoms with Crippen molar-refractivity contribution in [2.24, 2.45) is 5.92 Å². The second-order valence-corrected chi connectivity index (χ2v) is 6.23. The van der Waals surface area contributed by atoms with Crippen LogP contribution in [0.15, 0.2) is 0 Å². The van der Waals surface area contributed by atoms with Crippen LogP contribution in [0.3, 0.4) is 0 Å². The number of amides is 1. The number of carbonyl (C=O) groups excluding carboxylic acids is 1. The lowest BCUT2D eigenvalue weighted by Crippen LogP contribution is -2.50. The van der Waals surface area contributed by atoms with Crippen LogP contribution < -0.4 is 10.6 Å². The zero-order valence-electron chi connectivity index (χ0n) is 12.0. The summed E-state index contributed by atoms with van der Waals surface area (Å²) in [7, 11) is 0. The van der Waals surface area contributed by atoms with Crippen LogP contribution in [0.5, 0.6) is 0 Å². The van der Waals surface area contributed by atoms with E-state index in [2.05, 4.69) is 22.5 Å². The average molecular weight is 269 g/mol. The Balaban J connectivity index is 1.70. The van der Waals surface area contributed by atoms with Gasteiger partial charge in [0.25, 0.3) is 0 Å². The molecule has 0 spiro atoms. The Hall–Kier alpha value is -0.650. The van der Waals surface area contributed by atoms with Crippen LogP contribution in [0.2, 0.25) is 0 Å². The molecule has 2 atom stereocenters. The standard InChI is InChI=1S/C14H27N3O2/c1-12-3-2-4-14(19,9-12)11-16-13(18)10-17-7-5-15-6-8-17/h12,15,19H,2-11H2,1H3,(H,16,18). The van der Waals surface area contributed by atoms with Crippen LogP contribution in [-0.2, 0) is 4.79 Å². The van der Waals surface area contributed by atoms with Crippen molar-refractivity contribution < 1.29 is 9.90 Å². The van der Waals surface area contributed by atoms with E-state index in [1.54, 1.807) is 0 Å². The Bertz CT molecular complexity index is 305. The molecule has 0 bridgehead atoms. The van der Waals surface area contributed by atoms with Crippen molar-refractivity contribution in [3.8, 4) is 0 Å². The molecule has 19 heavy (non-hydrogen) atoms. The maximum atomic E-state index is 11.9. The first-order chi connectivity index (χ1) is 9.07. The minimum atomic E-state index is -0.684. The van der Waals surface area contributed by atoms with Crippen LogP contribution in [0.25, 0.3) is 0 Å². The maximum Gasteiger partial charge on any atom is 0.234 e. The van der Waals surface area contributed by atoms with E-state index in [1.165, 1.54) is 6.42 Å². The molecule has 1 heterocycles. The summed E-state index contributed by atoms with van der Waals surface area (Å²) in [5.74, 6) is 0.595. The molecule has 2 fully saturated rings. The van der Waals surface area contributed by atoms with Crippen LogP contribution >= 0.6 is 0 Å². The highest BCUT2D eigenvalue weighted by Gasteiger charge is 2.32. The van der Waals surface area contributed by atoms with E-state index in [1.807, 2.05) is 0 Å². The molecule has 5 nitrogen and oxygen atoms in total. The Morgan fingerprint density at radius 1 is 1.47 bits per heavy atom. The molecule has 2 aliphatic rings. The molecule has 5 heteroatoms. The van der Waals surface area contributed by atoms with Crippen molar-refractivity contribution in [1.29, 1.82) is 0 Å². The summed E-state index contributed by atoms with van der Waals surface area (Å²) in [4.78, 5) is 14.0. The predicted octanol–water partition coefficient (Wildman–Crippen LogP) is -0.0510. The van der Waals surface area contributed by atoms with E-state index in [9.17, 15) is 9.90 Å². The van der Waals surface area contributed by atoms with Crippen molar-refractivity contribution in [1.82, 2.24) is 15.5 Å². The fraction of sp³-hybridized carbons (Fsp3) is 0.929. The Kier molecular flexibility index (Phi) is 5.19. The van der Waals surface area contributed by atoms with Gasteiger partial charge in [0.05, 0.1) is 12.1 Å². The first-order valence-electron chi connectivity index (χ1n) is 7.50. The lowest BCUT2D eigenvalue weighted by atomic mass is 9.79. The van der Waals surface area contributed by atoms with Crippen molar-refractivity contribution in [3.05, 3.63) is 0 Å². The quantitative estimate of drug-likeness (QED) is 0.669. The Morgan fingerprint density at radius 2 is 2.21 bits per heavy atom. The zero-order valence-corrected chi connectivity index (χ0v) is 12.0. The van der Waals surface area contributed by atoms with Crippen LogP contribution in [-0.4, -0.2) is 60.8 Å². The number of hydrogen-bond acceptors (Lipinski definition) is 4. The van der Waals surface area contributed by atoms with E-state index < -0.39 is 5.60 Å². The summed E-state index contributed by atoms with van der Waals surface area (Å²) >= 11 is 0. The van der Waals surface area contributed by atoms with E-state index in [0.717, 1.165) is 45.4 Å². The molecule has 1 aliphatic heterocycles. The van der Waals surface area contributed by atoms with Crippen molar-refractivity contribution in [3.63, 3.8) is 0 Å². The Morgan fingerprint density at radius 3 is 2.89 bits per heavy atom. The molecule has 1 saturated carbocycles. The molecule has 1 amide bonds. The Labute approximate surface area is 115 Å². The number of carbonyl (C=O) groups is 1. The fourth-order valence-corrected chi connectivity index (χ4v) is 3.18. The molecular formula is C14H27N3O2. The molecule has 0 aromatic rings. The summed E-state index contributed by atoms with van der Waals surface area (Å²) in [6.07, 6.45) is 3.87. The first-order valence-corrected chi connectivity index (χ1v) is 7.50. The molecule has 2 unspecified atom stereocenters. The van der Waals surface area contributed by atoms with Gasteiger partial charge in [-0.15, -0.1) is 0 Å². The van der Waals surface area contributed by atoms with E-state index in [4.69, 9.17) is 0 Å². The third-order valence-corrected chi connectivity index (χ3v) is 4.26. The van der Waals surface area contributed by atoms with Crippen molar-refractivity contribution in [2.45, 2.75) is 38.2 Å². The van der Waals surface area contributed by atoms with Gasteiger partial charge in [-0.25, -0.2) is 0 Å². The highest BCUT2D eigenvalue weighted by molar-refractivity contribution is 5.78. The largest absolute Gasteiger partial charge is 0.388 e. The van der Waals surface area contributed by atoms with Gasteiger partial charge in [-0.05, 0) is 18.8 Å². The summed E-state index contributed by atoms with van der Waals surface area (Å²) in [6, 6.07) is 0. The third kappa shape index (κ3) is 4.75. The second-order valence-electron chi connectivity index (χ2n) is 6.23. The summed E-state index contributed by atoms with van der Waals surface area (Å²) in [5, 5.41) is 16.6. The van der Waals surface area contributed by atoms with Crippen LogP contribution in [0, 0.1) is 5.92 Å². The van der Waals surface area contributed by atoms with E-state index in [0.29, 0.717) is 19.0 Å². The predicted molar refractivity (Wildman–Crippen MR) is 74.9 cm³/mol. The molecule has 0 aromatic carbocycles. The number of nitrogens with zero attached hydrogens (tertiary/aromatic N) is 1. The minimum Gasteiger partial charge on any atom is -0.388 e. The number of piperazine rings is 1. The molecule has 0 radical (unpaired) electrons. The monoisotopic (exact) mass is 269 g/mol. The normalized spacial score (nSPS) is 33.1. The summed E-state index contributed by atoms with van der Waals surface area (Å²) in [6.45, 7) is 6.79. The summed E-state index contributed by atoms with van der Waals surface area (Å²) in [5.41, 5.74) is -0.684. The lowest BCUT2D eigenvalue weighted by molar-refractivity contribution is -0.124. The smallest absolute Gasteiger partial charge is 0.234 e. The lowest BCUT2D eigenvalue weighted by Gasteiger charge is -2.36. The molecule has 1 saturated heterocycles. The van der Waals surface area contributed by atoms with Crippen LogP contribution in [0.1, 0.15) is 32.6 Å². The van der Waals surface area contributed by atoms with Gasteiger partial charge >= 0.3 is 0 Å². The zero-order chi connectivity index (χ0) is 13.7. The number of aliphatic hydroxyl groups is 1. The van der Waals surface area contributed by atoms with Gasteiger partial charge in [-0.1, -0.05) is 19.8 Å². The van der Waals surface area contributed by atoms with E-state index in [-0.39, 0.29) is 5.91 Å². The molecule has 0 aromatic heterocycles. The minimum absolute atomic E-state index is 0.0357. The summed E-state index contributed by atoms with van der Waals surface area (Å²) < 4.78 is 0. The van der Waals surface area contributed by atoms with Gasteiger partial charge in [-0.3, -0.25) is 9.69 Å². The first kappa shape index (κ1) is 14.8. The number of rotatable bonds is 4. The van der Waals surface area contributed by atoms with Gasteiger partial charge in [-0.2, -0.15) is 0 Å². The van der Waals surface area contributed by atoms with Crippen molar-refractivity contribution in [2.75, 3.05) is 39.3 Å². The van der Waals surface area contributed by atoms with Gasteiger partial charge in [0.2, 0.25) is 5.91 Å². The molecule has 2 rings (SSSR count). The second kappa shape index (κ2) is 6.68. The SMILES string of the molecule is CC1CCCC(O)(CNC(=O)CN2CCNCC2)C1. The van der Waals surface area contributed by atoms with Gasteiger partial charge < -0.3 is 15.7 Å². The molecular weight excluding hydrogens is 242 g/mol. The molecule has 1 aliphatic carbocycles. The highest BCUT2D eigenvalue weighted by atomic mass is 16.3. The molecule has 110 valence electrons.